The Morgan fingerprint density at radius 2 is 2.32 bits per heavy atom. The molecule has 7 heteroatoms. The normalized spacial score (nSPS) is 10.2. The summed E-state index contributed by atoms with van der Waals surface area (Å²) in [4.78, 5) is 23.5. The van der Waals surface area contributed by atoms with Crippen LogP contribution in [0.1, 0.15) is 33.5 Å². The minimum atomic E-state index is -0.463. The summed E-state index contributed by atoms with van der Waals surface area (Å²) < 4.78 is 9.72. The maximum Gasteiger partial charge on any atom is 0.341 e. The van der Waals surface area contributed by atoms with Crippen LogP contribution in [0, 0.1) is 6.92 Å². The Hall–Kier alpha value is -2.15. The molecule has 0 aliphatic carbocycles. The zero-order valence-corrected chi connectivity index (χ0v) is 11.2. The molecular formula is C12H12N2O4S. The fourth-order valence-electron chi connectivity index (χ4n) is 1.42. The number of nitrogens with zero attached hydrogens (tertiary/aromatic N) is 1. The van der Waals surface area contributed by atoms with Crippen molar-refractivity contribution in [2.45, 2.75) is 13.8 Å². The Balaban J connectivity index is 2.13. The molecule has 0 bridgehead atoms. The number of carbonyl (C=O) groups excluding carboxylic acids is 2. The number of thiophene rings is 1. The number of carbonyl (C=O) groups is 2. The molecule has 0 radical (unpaired) electrons. The van der Waals surface area contributed by atoms with Crippen LogP contribution in [0.25, 0.3) is 0 Å². The molecule has 2 rings (SSSR count). The lowest BCUT2D eigenvalue weighted by Crippen LogP contribution is -2.14. The van der Waals surface area contributed by atoms with Gasteiger partial charge in [-0.1, -0.05) is 5.16 Å². The summed E-state index contributed by atoms with van der Waals surface area (Å²) >= 11 is 1.24. The maximum absolute atomic E-state index is 11.9. The highest BCUT2D eigenvalue weighted by Gasteiger charge is 2.18. The molecule has 2 aromatic heterocycles. The fourth-order valence-corrected chi connectivity index (χ4v) is 2.19. The van der Waals surface area contributed by atoms with Crippen LogP contribution in [0.5, 0.6) is 0 Å². The van der Waals surface area contributed by atoms with Crippen LogP contribution in [0.2, 0.25) is 0 Å². The average molecular weight is 280 g/mol. The first-order chi connectivity index (χ1) is 9.11. The van der Waals surface area contributed by atoms with Crippen molar-refractivity contribution in [3.8, 4) is 0 Å². The quantitative estimate of drug-likeness (QED) is 0.870. The first kappa shape index (κ1) is 13.3. The van der Waals surface area contributed by atoms with Crippen LogP contribution in [0.4, 0.5) is 5.00 Å². The van der Waals surface area contributed by atoms with Gasteiger partial charge < -0.3 is 14.6 Å². The zero-order chi connectivity index (χ0) is 13.8. The van der Waals surface area contributed by atoms with Crippen molar-refractivity contribution in [2.24, 2.45) is 0 Å². The molecule has 0 saturated carbocycles. The fraction of sp³-hybridized carbons (Fsp3) is 0.250. The van der Waals surface area contributed by atoms with E-state index in [-0.39, 0.29) is 12.3 Å². The van der Waals surface area contributed by atoms with Crippen molar-refractivity contribution < 1.29 is 18.8 Å². The summed E-state index contributed by atoms with van der Waals surface area (Å²) in [5.41, 5.74) is 0.501. The second-order valence-corrected chi connectivity index (χ2v) is 4.58. The molecule has 6 nitrogen and oxygen atoms in total. The Kier molecular flexibility index (Phi) is 3.96. The molecule has 0 atom stereocenters. The second kappa shape index (κ2) is 5.66. The SMILES string of the molecule is CCOC(=O)c1ccsc1NC(=O)c1cc(C)on1. The van der Waals surface area contributed by atoms with Crippen molar-refractivity contribution in [3.63, 3.8) is 0 Å². The predicted octanol–water partition coefficient (Wildman–Crippen LogP) is 2.47. The number of ether oxygens (including phenoxy) is 1. The summed E-state index contributed by atoms with van der Waals surface area (Å²) in [6.45, 7) is 3.70. The van der Waals surface area contributed by atoms with Gasteiger partial charge >= 0.3 is 5.97 Å². The van der Waals surface area contributed by atoms with E-state index in [1.165, 1.54) is 17.4 Å². The molecule has 100 valence electrons. The van der Waals surface area contributed by atoms with E-state index in [1.54, 1.807) is 25.3 Å². The van der Waals surface area contributed by atoms with Crippen LogP contribution in [-0.2, 0) is 4.74 Å². The third-order valence-electron chi connectivity index (χ3n) is 2.25. The molecule has 0 aliphatic heterocycles. The van der Waals surface area contributed by atoms with Crippen LogP contribution in [0.3, 0.4) is 0 Å². The first-order valence-electron chi connectivity index (χ1n) is 5.61. The van der Waals surface area contributed by atoms with E-state index < -0.39 is 11.9 Å². The lowest BCUT2D eigenvalue weighted by atomic mass is 10.3. The Morgan fingerprint density at radius 1 is 1.53 bits per heavy atom. The Labute approximate surface area is 113 Å². The molecule has 19 heavy (non-hydrogen) atoms. The lowest BCUT2D eigenvalue weighted by Gasteiger charge is -2.04. The van der Waals surface area contributed by atoms with Gasteiger partial charge in [0.05, 0.1) is 12.2 Å². The van der Waals surface area contributed by atoms with E-state index in [1.807, 2.05) is 0 Å². The van der Waals surface area contributed by atoms with Gasteiger partial charge in [-0.25, -0.2) is 4.79 Å². The van der Waals surface area contributed by atoms with Crippen LogP contribution in [-0.4, -0.2) is 23.6 Å². The number of anilines is 1. The molecule has 0 spiro atoms. The maximum atomic E-state index is 11.9. The van der Waals surface area contributed by atoms with Crippen LogP contribution >= 0.6 is 11.3 Å². The molecule has 2 aromatic rings. The molecule has 1 amide bonds. The van der Waals surface area contributed by atoms with Gasteiger partial charge in [-0.2, -0.15) is 0 Å². The van der Waals surface area contributed by atoms with E-state index in [2.05, 4.69) is 10.5 Å². The van der Waals surface area contributed by atoms with Gasteiger partial charge in [0.1, 0.15) is 10.8 Å². The lowest BCUT2D eigenvalue weighted by molar-refractivity contribution is 0.0528. The summed E-state index contributed by atoms with van der Waals surface area (Å²) in [7, 11) is 0. The van der Waals surface area contributed by atoms with Crippen molar-refractivity contribution in [1.29, 1.82) is 0 Å². The molecular weight excluding hydrogens is 268 g/mol. The van der Waals surface area contributed by atoms with Gasteiger partial charge in [-0.3, -0.25) is 4.79 Å². The number of aryl methyl sites for hydroxylation is 1. The number of amides is 1. The second-order valence-electron chi connectivity index (χ2n) is 3.66. The number of hydrogen-bond donors (Lipinski definition) is 1. The van der Waals surface area contributed by atoms with E-state index >= 15 is 0 Å². The molecule has 2 heterocycles. The number of rotatable bonds is 4. The summed E-state index contributed by atoms with van der Waals surface area (Å²) in [6, 6.07) is 3.12. The van der Waals surface area contributed by atoms with Crippen molar-refractivity contribution in [3.05, 3.63) is 34.5 Å². The van der Waals surface area contributed by atoms with Gasteiger partial charge in [0, 0.05) is 6.07 Å². The molecule has 0 fully saturated rings. The largest absolute Gasteiger partial charge is 0.462 e. The summed E-state index contributed by atoms with van der Waals surface area (Å²) in [5.74, 6) is -0.345. The monoisotopic (exact) mass is 280 g/mol. The third kappa shape index (κ3) is 3.00. The highest BCUT2D eigenvalue weighted by molar-refractivity contribution is 7.14. The minimum Gasteiger partial charge on any atom is -0.462 e. The minimum absolute atomic E-state index is 0.167. The standard InChI is InChI=1S/C12H12N2O4S/c1-3-17-12(16)8-4-5-19-11(8)13-10(15)9-6-7(2)18-14-9/h4-6H,3H2,1-2H3,(H,13,15). The molecule has 1 N–H and O–H groups in total. The third-order valence-corrected chi connectivity index (χ3v) is 3.08. The number of aromatic nitrogens is 1. The smallest absolute Gasteiger partial charge is 0.341 e. The van der Waals surface area contributed by atoms with Crippen LogP contribution < -0.4 is 5.32 Å². The highest BCUT2D eigenvalue weighted by atomic mass is 32.1. The highest BCUT2D eigenvalue weighted by Crippen LogP contribution is 2.24. The topological polar surface area (TPSA) is 81.4 Å². The van der Waals surface area contributed by atoms with Crippen LogP contribution in [0.15, 0.2) is 22.0 Å². The zero-order valence-electron chi connectivity index (χ0n) is 10.4. The van der Waals surface area contributed by atoms with E-state index in [0.717, 1.165) is 0 Å². The van der Waals surface area contributed by atoms with Gasteiger partial charge in [0.25, 0.3) is 5.91 Å². The van der Waals surface area contributed by atoms with E-state index in [0.29, 0.717) is 16.3 Å². The first-order valence-corrected chi connectivity index (χ1v) is 6.49. The molecule has 0 aliphatic rings. The van der Waals surface area contributed by atoms with Gasteiger partial charge in [0.15, 0.2) is 5.69 Å². The average Bonchev–Trinajstić information content (AvgIpc) is 2.98. The molecule has 0 saturated heterocycles. The van der Waals surface area contributed by atoms with E-state index in [4.69, 9.17) is 9.26 Å². The molecule has 0 aromatic carbocycles. The number of hydrogen-bond acceptors (Lipinski definition) is 6. The van der Waals surface area contributed by atoms with Crippen molar-refractivity contribution in [1.82, 2.24) is 5.16 Å². The Bertz CT molecular complexity index is 602. The summed E-state index contributed by atoms with van der Waals surface area (Å²) in [6.07, 6.45) is 0. The van der Waals surface area contributed by atoms with Crippen molar-refractivity contribution >= 4 is 28.2 Å². The van der Waals surface area contributed by atoms with Gasteiger partial charge in [0.2, 0.25) is 0 Å². The Morgan fingerprint density at radius 3 is 2.95 bits per heavy atom. The number of esters is 1. The van der Waals surface area contributed by atoms with E-state index in [9.17, 15) is 9.59 Å². The summed E-state index contributed by atoms with van der Waals surface area (Å²) in [5, 5.41) is 8.36. The van der Waals surface area contributed by atoms with Gasteiger partial charge in [-0.15, -0.1) is 11.3 Å². The number of nitrogens with one attached hydrogen (secondary N) is 1. The van der Waals surface area contributed by atoms with Gasteiger partial charge in [-0.05, 0) is 25.3 Å². The van der Waals surface area contributed by atoms with Crippen molar-refractivity contribution in [2.75, 3.05) is 11.9 Å². The predicted molar refractivity (Wildman–Crippen MR) is 69.5 cm³/mol. The molecule has 0 unspecified atom stereocenters.